The molecule has 0 aliphatic heterocycles. The number of carbonyl (C=O) groups is 2. The maximum Gasteiger partial charge on any atom is 0.338 e. The fourth-order valence-electron chi connectivity index (χ4n) is 1.76. The number of anilines is 2. The molecule has 0 aliphatic rings. The van der Waals surface area contributed by atoms with E-state index in [0.29, 0.717) is 23.5 Å². The van der Waals surface area contributed by atoms with Gasteiger partial charge in [-0.2, -0.15) is 5.10 Å². The van der Waals surface area contributed by atoms with Gasteiger partial charge in [0.1, 0.15) is 0 Å². The van der Waals surface area contributed by atoms with Gasteiger partial charge in [-0.3, -0.25) is 10.2 Å². The Kier molecular flexibility index (Phi) is 6.51. The van der Waals surface area contributed by atoms with E-state index in [9.17, 15) is 9.59 Å². The number of hydrogen-bond acceptors (Lipinski definition) is 5. The Morgan fingerprint density at radius 1 is 1.04 bits per heavy atom. The molecule has 0 aliphatic carbocycles. The maximum atomic E-state index is 12.0. The highest BCUT2D eigenvalue weighted by molar-refractivity contribution is 9.19. The van der Waals surface area contributed by atoms with E-state index in [-0.39, 0.29) is 16.5 Å². The van der Waals surface area contributed by atoms with E-state index in [0.717, 1.165) is 0 Å². The molecule has 0 radical (unpaired) electrons. The van der Waals surface area contributed by atoms with Crippen LogP contribution in [0, 0.1) is 0 Å². The topological polar surface area (TPSA) is 79.8 Å². The van der Waals surface area contributed by atoms with Gasteiger partial charge in [-0.25, -0.2) is 4.79 Å². The van der Waals surface area contributed by atoms with Crippen molar-refractivity contribution in [2.75, 3.05) is 17.3 Å². The fraction of sp³-hybridized carbons (Fsp3) is 0.118. The molecule has 124 valence electrons. The van der Waals surface area contributed by atoms with Gasteiger partial charge in [-0.05, 0) is 59.3 Å². The third-order valence-corrected chi connectivity index (χ3v) is 3.44. The molecule has 0 saturated heterocycles. The van der Waals surface area contributed by atoms with Crippen LogP contribution in [0.1, 0.15) is 17.3 Å². The molecule has 0 saturated carbocycles. The van der Waals surface area contributed by atoms with Crippen molar-refractivity contribution in [1.29, 1.82) is 0 Å². The summed E-state index contributed by atoms with van der Waals surface area (Å²) >= 11 is 3.12. The lowest BCUT2D eigenvalue weighted by Crippen LogP contribution is -2.19. The third kappa shape index (κ3) is 5.20. The number of nitrogens with zero attached hydrogens (tertiary/aromatic N) is 1. The van der Waals surface area contributed by atoms with E-state index < -0.39 is 0 Å². The lowest BCUT2D eigenvalue weighted by Gasteiger charge is -2.05. The molecule has 0 aromatic heterocycles. The van der Waals surface area contributed by atoms with Crippen molar-refractivity contribution in [3.05, 3.63) is 60.2 Å². The van der Waals surface area contributed by atoms with Crippen LogP contribution in [-0.4, -0.2) is 23.1 Å². The first-order valence-electron chi connectivity index (χ1n) is 7.23. The maximum absolute atomic E-state index is 12.0. The summed E-state index contributed by atoms with van der Waals surface area (Å²) in [6.45, 7) is 2.08. The average Bonchev–Trinajstić information content (AvgIpc) is 2.61. The minimum atomic E-state index is -0.379. The summed E-state index contributed by atoms with van der Waals surface area (Å²) in [5, 5.41) is 6.65. The number of hydrazone groups is 1. The Hall–Kier alpha value is -2.67. The molecule has 0 bridgehead atoms. The van der Waals surface area contributed by atoms with E-state index in [4.69, 9.17) is 4.74 Å². The molecule has 2 aromatic rings. The molecule has 0 heterocycles. The zero-order chi connectivity index (χ0) is 17.4. The first-order chi connectivity index (χ1) is 11.6. The van der Waals surface area contributed by atoms with E-state index in [1.807, 2.05) is 18.2 Å². The predicted octanol–water partition coefficient (Wildman–Crippen LogP) is 3.62. The monoisotopic (exact) mass is 389 g/mol. The van der Waals surface area contributed by atoms with Gasteiger partial charge >= 0.3 is 5.97 Å². The van der Waals surface area contributed by atoms with E-state index in [1.165, 1.54) is 0 Å². The van der Waals surface area contributed by atoms with Crippen LogP contribution < -0.4 is 10.7 Å². The van der Waals surface area contributed by atoms with Gasteiger partial charge in [0.15, 0.2) is 4.62 Å². The highest BCUT2D eigenvalue weighted by atomic mass is 79.9. The summed E-state index contributed by atoms with van der Waals surface area (Å²) in [4.78, 5) is 23.5. The number of amides is 1. The van der Waals surface area contributed by atoms with Crippen LogP contribution in [0.2, 0.25) is 0 Å². The van der Waals surface area contributed by atoms with Crippen molar-refractivity contribution in [3.63, 3.8) is 0 Å². The second-order valence-corrected chi connectivity index (χ2v) is 5.38. The first-order valence-corrected chi connectivity index (χ1v) is 8.02. The molecule has 0 fully saturated rings. The van der Waals surface area contributed by atoms with Gasteiger partial charge in [-0.15, -0.1) is 0 Å². The number of carbonyl (C=O) groups excluding carboxylic acids is 2. The minimum Gasteiger partial charge on any atom is -0.462 e. The summed E-state index contributed by atoms with van der Waals surface area (Å²) in [6.07, 6.45) is 0. The molecule has 7 heteroatoms. The van der Waals surface area contributed by atoms with Gasteiger partial charge in [-0.1, -0.05) is 18.2 Å². The molecule has 1 amide bonds. The van der Waals surface area contributed by atoms with Crippen molar-refractivity contribution in [2.45, 2.75) is 6.92 Å². The molecule has 2 aromatic carbocycles. The van der Waals surface area contributed by atoms with Gasteiger partial charge in [0.25, 0.3) is 5.91 Å². The molecule has 2 N–H and O–H groups in total. The predicted molar refractivity (Wildman–Crippen MR) is 97.5 cm³/mol. The Labute approximate surface area is 148 Å². The van der Waals surface area contributed by atoms with E-state index in [2.05, 4.69) is 31.8 Å². The number of esters is 1. The summed E-state index contributed by atoms with van der Waals surface area (Å²) in [6, 6.07) is 15.6. The van der Waals surface area contributed by atoms with Crippen LogP contribution in [0.15, 0.2) is 59.7 Å². The Morgan fingerprint density at radius 2 is 1.71 bits per heavy atom. The zero-order valence-electron chi connectivity index (χ0n) is 13.0. The molecule has 2 rings (SSSR count). The SMILES string of the molecule is CCOC(=O)c1ccc(N/N=C(\Br)C(=O)Nc2ccccc2)cc1. The van der Waals surface area contributed by atoms with Gasteiger partial charge < -0.3 is 10.1 Å². The van der Waals surface area contributed by atoms with Crippen molar-refractivity contribution in [3.8, 4) is 0 Å². The summed E-state index contributed by atoms with van der Waals surface area (Å²) < 4.78 is 5.00. The van der Waals surface area contributed by atoms with Crippen molar-refractivity contribution < 1.29 is 14.3 Å². The number of benzene rings is 2. The number of rotatable bonds is 6. The summed E-state index contributed by atoms with van der Waals surface area (Å²) in [5.74, 6) is -0.757. The van der Waals surface area contributed by atoms with Crippen LogP contribution >= 0.6 is 15.9 Å². The third-order valence-electron chi connectivity index (χ3n) is 2.90. The molecule has 0 spiro atoms. The van der Waals surface area contributed by atoms with Crippen molar-refractivity contribution in [1.82, 2.24) is 0 Å². The van der Waals surface area contributed by atoms with Crippen LogP contribution in [0.4, 0.5) is 11.4 Å². The van der Waals surface area contributed by atoms with Crippen LogP contribution in [0.25, 0.3) is 0 Å². The largest absolute Gasteiger partial charge is 0.462 e. The van der Waals surface area contributed by atoms with Crippen molar-refractivity contribution >= 4 is 43.8 Å². The molecular weight excluding hydrogens is 374 g/mol. The molecule has 6 nitrogen and oxygen atoms in total. The molecule has 0 unspecified atom stereocenters. The number of ether oxygens (including phenoxy) is 1. The quantitative estimate of drug-likeness (QED) is 0.449. The Balaban J connectivity index is 1.94. The lowest BCUT2D eigenvalue weighted by molar-refractivity contribution is -0.110. The van der Waals surface area contributed by atoms with Crippen LogP contribution in [0.3, 0.4) is 0 Å². The van der Waals surface area contributed by atoms with Crippen LogP contribution in [-0.2, 0) is 9.53 Å². The number of nitrogens with one attached hydrogen (secondary N) is 2. The molecule has 0 atom stereocenters. The number of halogens is 1. The van der Waals surface area contributed by atoms with Crippen LogP contribution in [0.5, 0.6) is 0 Å². The summed E-state index contributed by atoms with van der Waals surface area (Å²) in [5.41, 5.74) is 4.49. The van der Waals surface area contributed by atoms with Gasteiger partial charge in [0.05, 0.1) is 17.9 Å². The standard InChI is InChI=1S/C17H16BrN3O3/c1-2-24-17(23)12-8-10-14(11-9-12)20-21-15(18)16(22)19-13-6-4-3-5-7-13/h3-11,20H,2H2,1H3,(H,19,22)/b21-15-. The fourth-order valence-corrected chi connectivity index (χ4v) is 1.95. The number of hydrogen-bond donors (Lipinski definition) is 2. The van der Waals surface area contributed by atoms with Crippen molar-refractivity contribution in [2.24, 2.45) is 5.10 Å². The highest BCUT2D eigenvalue weighted by Crippen LogP contribution is 2.11. The zero-order valence-corrected chi connectivity index (χ0v) is 14.5. The number of para-hydroxylation sites is 1. The highest BCUT2D eigenvalue weighted by Gasteiger charge is 2.09. The molecule has 24 heavy (non-hydrogen) atoms. The van der Waals surface area contributed by atoms with E-state index in [1.54, 1.807) is 43.3 Å². The normalized spacial score (nSPS) is 10.8. The van der Waals surface area contributed by atoms with Gasteiger partial charge in [0.2, 0.25) is 0 Å². The van der Waals surface area contributed by atoms with E-state index >= 15 is 0 Å². The average molecular weight is 390 g/mol. The van der Waals surface area contributed by atoms with Gasteiger partial charge in [0, 0.05) is 5.69 Å². The smallest absolute Gasteiger partial charge is 0.338 e. The second kappa shape index (κ2) is 8.83. The lowest BCUT2D eigenvalue weighted by atomic mass is 10.2. The minimum absolute atomic E-state index is 0.0980. The summed E-state index contributed by atoms with van der Waals surface area (Å²) in [7, 11) is 0. The first kappa shape index (κ1) is 17.7. The Morgan fingerprint density at radius 3 is 2.33 bits per heavy atom. The Bertz CT molecular complexity index is 731. The second-order valence-electron chi connectivity index (χ2n) is 4.63. The molecular formula is C17H16BrN3O3.